The molecular formula is C23H27FN2O. The van der Waals surface area contributed by atoms with Crippen LogP contribution < -0.4 is 10.6 Å². The van der Waals surface area contributed by atoms with Crippen molar-refractivity contribution < 1.29 is 9.18 Å². The molecule has 0 heterocycles. The molecule has 0 aromatic heterocycles. The van der Waals surface area contributed by atoms with E-state index >= 15 is 0 Å². The summed E-state index contributed by atoms with van der Waals surface area (Å²) in [4.78, 5) is 12.9. The second-order valence-corrected chi connectivity index (χ2v) is 7.86. The van der Waals surface area contributed by atoms with Crippen LogP contribution in [0.1, 0.15) is 61.6 Å². The number of benzene rings is 2. The van der Waals surface area contributed by atoms with Crippen molar-refractivity contribution in [3.8, 4) is 0 Å². The van der Waals surface area contributed by atoms with Crippen molar-refractivity contribution in [2.24, 2.45) is 0 Å². The highest BCUT2D eigenvalue weighted by atomic mass is 19.1. The zero-order valence-corrected chi connectivity index (χ0v) is 15.6. The van der Waals surface area contributed by atoms with Crippen molar-refractivity contribution >= 4 is 6.03 Å². The minimum atomic E-state index is -0.610. The number of amides is 2. The van der Waals surface area contributed by atoms with Gasteiger partial charge in [-0.15, -0.1) is 0 Å². The van der Waals surface area contributed by atoms with Crippen molar-refractivity contribution in [1.29, 1.82) is 0 Å². The maximum absolute atomic E-state index is 13.5. The summed E-state index contributed by atoms with van der Waals surface area (Å²) in [5, 5.41) is 6.48. The van der Waals surface area contributed by atoms with Crippen LogP contribution in [0.3, 0.4) is 0 Å². The molecule has 0 unspecified atom stereocenters. The van der Waals surface area contributed by atoms with E-state index < -0.39 is 5.54 Å². The predicted molar refractivity (Wildman–Crippen MR) is 105 cm³/mol. The number of nitrogens with one attached hydrogen (secondary N) is 2. The van der Waals surface area contributed by atoms with E-state index in [0.29, 0.717) is 0 Å². The standard InChI is InChI=1S/C23H27FN2O/c24-19-14-12-18(13-15-19)23(16-6-8-17-7-4-5-11-21(17)23)26-22(27)25-20-9-2-1-3-10-20/h4-5,7,11-15,20H,1-3,6,8-10,16H2,(H2,25,26,27)/t23-/m0/s1. The zero-order chi connectivity index (χ0) is 18.7. The van der Waals surface area contributed by atoms with Gasteiger partial charge in [0.15, 0.2) is 0 Å². The van der Waals surface area contributed by atoms with Crippen LogP contribution in [0, 0.1) is 5.82 Å². The molecule has 1 atom stereocenters. The van der Waals surface area contributed by atoms with Crippen LogP contribution in [0.25, 0.3) is 0 Å². The van der Waals surface area contributed by atoms with Gasteiger partial charge in [-0.1, -0.05) is 55.7 Å². The fraction of sp³-hybridized carbons (Fsp3) is 0.435. The lowest BCUT2D eigenvalue weighted by Crippen LogP contribution is -2.54. The Hall–Kier alpha value is -2.36. The molecular weight excluding hydrogens is 339 g/mol. The average molecular weight is 366 g/mol. The van der Waals surface area contributed by atoms with Gasteiger partial charge in [0.1, 0.15) is 5.82 Å². The van der Waals surface area contributed by atoms with E-state index in [0.717, 1.165) is 43.2 Å². The van der Waals surface area contributed by atoms with Gasteiger partial charge in [0.05, 0.1) is 5.54 Å². The van der Waals surface area contributed by atoms with Crippen molar-refractivity contribution in [3.05, 3.63) is 71.0 Å². The van der Waals surface area contributed by atoms with E-state index in [2.05, 4.69) is 22.8 Å². The van der Waals surface area contributed by atoms with Crippen LogP contribution >= 0.6 is 0 Å². The molecule has 0 aliphatic heterocycles. The Balaban J connectivity index is 1.67. The highest BCUT2D eigenvalue weighted by molar-refractivity contribution is 5.76. The number of fused-ring (bicyclic) bond motifs is 1. The molecule has 0 spiro atoms. The lowest BCUT2D eigenvalue weighted by Gasteiger charge is -2.41. The van der Waals surface area contributed by atoms with Gasteiger partial charge in [0, 0.05) is 6.04 Å². The Kier molecular flexibility index (Phi) is 5.15. The topological polar surface area (TPSA) is 41.1 Å². The Morgan fingerprint density at radius 1 is 0.963 bits per heavy atom. The van der Waals surface area contributed by atoms with Gasteiger partial charge >= 0.3 is 6.03 Å². The molecule has 0 radical (unpaired) electrons. The highest BCUT2D eigenvalue weighted by Gasteiger charge is 2.39. The number of carbonyl (C=O) groups is 1. The second kappa shape index (κ2) is 7.71. The van der Waals surface area contributed by atoms with E-state index in [9.17, 15) is 9.18 Å². The van der Waals surface area contributed by atoms with Crippen molar-refractivity contribution in [2.45, 2.75) is 62.9 Å². The number of halogens is 1. The molecule has 0 bridgehead atoms. The molecule has 2 aliphatic carbocycles. The first-order valence-corrected chi connectivity index (χ1v) is 10.1. The van der Waals surface area contributed by atoms with Crippen molar-refractivity contribution in [2.75, 3.05) is 0 Å². The Bertz CT molecular complexity index is 798. The molecule has 4 heteroatoms. The van der Waals surface area contributed by atoms with Crippen LogP contribution in [0.2, 0.25) is 0 Å². The number of hydrogen-bond acceptors (Lipinski definition) is 1. The molecule has 3 nitrogen and oxygen atoms in total. The minimum Gasteiger partial charge on any atom is -0.335 e. The largest absolute Gasteiger partial charge is 0.335 e. The van der Waals surface area contributed by atoms with Crippen LogP contribution in [0.15, 0.2) is 48.5 Å². The molecule has 1 fully saturated rings. The molecule has 2 amide bonds. The summed E-state index contributed by atoms with van der Waals surface area (Å²) >= 11 is 0. The SMILES string of the molecule is O=C(NC1CCCCC1)N[C@]1(c2ccc(F)cc2)CCCc2ccccc21. The van der Waals surface area contributed by atoms with Crippen LogP contribution in [0.4, 0.5) is 9.18 Å². The van der Waals surface area contributed by atoms with Crippen LogP contribution in [-0.2, 0) is 12.0 Å². The molecule has 2 aliphatic rings. The molecule has 0 saturated heterocycles. The van der Waals surface area contributed by atoms with Gasteiger partial charge in [0.25, 0.3) is 0 Å². The van der Waals surface area contributed by atoms with Gasteiger partial charge < -0.3 is 10.6 Å². The second-order valence-electron chi connectivity index (χ2n) is 7.86. The predicted octanol–water partition coefficient (Wildman–Crippen LogP) is 5.04. The van der Waals surface area contributed by atoms with Gasteiger partial charge in [-0.3, -0.25) is 0 Å². The van der Waals surface area contributed by atoms with Gasteiger partial charge in [-0.2, -0.15) is 0 Å². The summed E-state index contributed by atoms with van der Waals surface area (Å²) in [6.45, 7) is 0. The van der Waals surface area contributed by atoms with Crippen molar-refractivity contribution in [3.63, 3.8) is 0 Å². The van der Waals surface area contributed by atoms with E-state index in [1.807, 2.05) is 12.1 Å². The maximum Gasteiger partial charge on any atom is 0.315 e. The Labute approximate surface area is 160 Å². The van der Waals surface area contributed by atoms with Gasteiger partial charge in [-0.05, 0) is 60.9 Å². The lowest BCUT2D eigenvalue weighted by molar-refractivity contribution is 0.218. The third-order valence-electron chi connectivity index (χ3n) is 6.08. The quantitative estimate of drug-likeness (QED) is 0.785. The van der Waals surface area contributed by atoms with Crippen molar-refractivity contribution in [1.82, 2.24) is 10.6 Å². The highest BCUT2D eigenvalue weighted by Crippen LogP contribution is 2.40. The monoisotopic (exact) mass is 366 g/mol. The summed E-state index contributed by atoms with van der Waals surface area (Å²) in [6, 6.07) is 15.0. The molecule has 2 aromatic carbocycles. The molecule has 2 N–H and O–H groups in total. The molecule has 142 valence electrons. The number of hydrogen-bond donors (Lipinski definition) is 2. The molecule has 27 heavy (non-hydrogen) atoms. The van der Waals surface area contributed by atoms with E-state index in [1.165, 1.54) is 37.0 Å². The smallest absolute Gasteiger partial charge is 0.315 e. The number of carbonyl (C=O) groups excluding carboxylic acids is 1. The summed E-state index contributed by atoms with van der Waals surface area (Å²) in [7, 11) is 0. The summed E-state index contributed by atoms with van der Waals surface area (Å²) in [5.74, 6) is -0.260. The zero-order valence-electron chi connectivity index (χ0n) is 15.6. The van der Waals surface area contributed by atoms with Gasteiger partial charge in [-0.25, -0.2) is 9.18 Å². The fourth-order valence-corrected chi connectivity index (χ4v) is 4.73. The third kappa shape index (κ3) is 3.71. The Morgan fingerprint density at radius 2 is 1.70 bits per heavy atom. The molecule has 4 rings (SSSR count). The number of aryl methyl sites for hydroxylation is 1. The molecule has 1 saturated carbocycles. The minimum absolute atomic E-state index is 0.122. The van der Waals surface area contributed by atoms with Crippen LogP contribution in [0.5, 0.6) is 0 Å². The summed E-state index contributed by atoms with van der Waals surface area (Å²) in [5.41, 5.74) is 2.71. The fourth-order valence-electron chi connectivity index (χ4n) is 4.73. The van der Waals surface area contributed by atoms with Crippen LogP contribution in [-0.4, -0.2) is 12.1 Å². The summed E-state index contributed by atoms with van der Waals surface area (Å²) < 4.78 is 13.5. The van der Waals surface area contributed by atoms with E-state index in [4.69, 9.17) is 0 Å². The van der Waals surface area contributed by atoms with E-state index in [-0.39, 0.29) is 17.9 Å². The number of rotatable bonds is 3. The first-order valence-electron chi connectivity index (χ1n) is 10.1. The average Bonchev–Trinajstić information content (AvgIpc) is 2.69. The van der Waals surface area contributed by atoms with E-state index in [1.54, 1.807) is 12.1 Å². The molecule has 2 aromatic rings. The maximum atomic E-state index is 13.5. The lowest BCUT2D eigenvalue weighted by atomic mass is 9.72. The number of urea groups is 1. The third-order valence-corrected chi connectivity index (χ3v) is 6.08. The first kappa shape index (κ1) is 18.0. The Morgan fingerprint density at radius 3 is 2.48 bits per heavy atom. The van der Waals surface area contributed by atoms with Gasteiger partial charge in [0.2, 0.25) is 0 Å². The normalized spacial score (nSPS) is 22.7. The summed E-state index contributed by atoms with van der Waals surface area (Å²) in [6.07, 6.45) is 8.51. The first-order chi connectivity index (χ1) is 13.2.